The number of aromatic nitrogens is 4. The van der Waals surface area contributed by atoms with Gasteiger partial charge in [-0.05, 0) is 48.9 Å². The zero-order valence-corrected chi connectivity index (χ0v) is 36.6. The number of carbonyl (C=O) groups excluding carboxylic acids is 1. The van der Waals surface area contributed by atoms with E-state index in [1.54, 1.807) is 40.3 Å². The number of amides is 1. The van der Waals surface area contributed by atoms with Gasteiger partial charge >= 0.3 is 0 Å². The molecule has 0 saturated heterocycles. The third-order valence-electron chi connectivity index (χ3n) is 9.56. The van der Waals surface area contributed by atoms with E-state index in [4.69, 9.17) is 14.9 Å². The van der Waals surface area contributed by atoms with Gasteiger partial charge in [-0.3, -0.25) is 14.9 Å². The van der Waals surface area contributed by atoms with Crippen molar-refractivity contribution in [3.63, 3.8) is 0 Å². The summed E-state index contributed by atoms with van der Waals surface area (Å²) in [6.07, 6.45) is 9.88. The zero-order chi connectivity index (χ0) is 41.4. The number of aromatic amines is 1. The number of H-pyrrole nitrogens is 1. The summed E-state index contributed by atoms with van der Waals surface area (Å²) >= 11 is 3.26. The van der Waals surface area contributed by atoms with Crippen molar-refractivity contribution < 1.29 is 14.5 Å². The predicted octanol–water partition coefficient (Wildman–Crippen LogP) is 12.5. The first-order valence-electron chi connectivity index (χ1n) is 20.0. The molecule has 306 valence electrons. The number of rotatable bonds is 19. The molecule has 0 unspecified atom stereocenters. The Bertz CT molecular complexity index is 2130. The molecule has 0 radical (unpaired) electrons. The van der Waals surface area contributed by atoms with Crippen LogP contribution in [0.25, 0.3) is 17.0 Å². The van der Waals surface area contributed by atoms with Gasteiger partial charge < -0.3 is 20.4 Å². The fraction of sp³-hybridized carbons (Fsp3) is 0.477. The third-order valence-corrected chi connectivity index (χ3v) is 12.0. The summed E-state index contributed by atoms with van der Waals surface area (Å²) in [4.78, 5) is 30.4. The van der Waals surface area contributed by atoms with Crippen molar-refractivity contribution in [2.75, 3.05) is 17.4 Å². The maximum atomic E-state index is 12.9. The lowest BCUT2D eigenvalue weighted by Gasteiger charge is -2.25. The van der Waals surface area contributed by atoms with E-state index < -0.39 is 5.41 Å². The largest absolute Gasteiger partial charge is 0.472 e. The second-order valence-corrected chi connectivity index (χ2v) is 20.0. The number of unbranched alkanes of at least 4 members (excludes halogenated alkanes) is 6. The molecule has 3 N–H and O–H groups in total. The highest BCUT2D eigenvalue weighted by molar-refractivity contribution is 8.00. The molecule has 3 aromatic carbocycles. The van der Waals surface area contributed by atoms with Crippen LogP contribution in [-0.2, 0) is 10.2 Å². The topological polar surface area (TPSA) is 139 Å². The minimum Gasteiger partial charge on any atom is -0.472 e. The molecule has 13 heteroatoms. The number of nitrogens with one attached hydrogen (secondary N) is 3. The lowest BCUT2D eigenvalue weighted by atomic mass is 9.92. The lowest BCUT2D eigenvalue weighted by molar-refractivity contribution is -0.385. The van der Waals surface area contributed by atoms with E-state index >= 15 is 0 Å². The second kappa shape index (κ2) is 18.8. The zero-order valence-electron chi connectivity index (χ0n) is 35.0. The molecule has 0 spiro atoms. The number of nitro benzene ring substituents is 1. The van der Waals surface area contributed by atoms with E-state index in [0.717, 1.165) is 55.8 Å². The monoisotopic (exact) mass is 813 g/mol. The summed E-state index contributed by atoms with van der Waals surface area (Å²) in [5.74, 6) is 1.10. The van der Waals surface area contributed by atoms with Crippen LogP contribution in [0.1, 0.15) is 119 Å². The number of nitrogens with zero attached hydrogens (tertiary/aromatic N) is 4. The van der Waals surface area contributed by atoms with Crippen molar-refractivity contribution in [3.8, 4) is 17.1 Å². The molecule has 0 aliphatic rings. The van der Waals surface area contributed by atoms with E-state index in [2.05, 4.69) is 57.2 Å². The summed E-state index contributed by atoms with van der Waals surface area (Å²) in [6.45, 7) is 18.9. The van der Waals surface area contributed by atoms with Gasteiger partial charge in [-0.2, -0.15) is 5.10 Å². The number of thioether (sulfide) groups is 1. The molecule has 57 heavy (non-hydrogen) atoms. The van der Waals surface area contributed by atoms with Crippen LogP contribution < -0.4 is 15.4 Å². The van der Waals surface area contributed by atoms with E-state index in [0.29, 0.717) is 11.6 Å². The molecule has 0 bridgehead atoms. The first-order valence-corrected chi connectivity index (χ1v) is 21.6. The number of hydrogen-bond donors (Lipinski definition) is 3. The van der Waals surface area contributed by atoms with Crippen molar-refractivity contribution in [1.82, 2.24) is 19.8 Å². The van der Waals surface area contributed by atoms with Gasteiger partial charge in [0.1, 0.15) is 5.75 Å². The molecule has 0 aliphatic heterocycles. The molecule has 0 aliphatic carbocycles. The van der Waals surface area contributed by atoms with Crippen molar-refractivity contribution in [2.24, 2.45) is 5.41 Å². The van der Waals surface area contributed by atoms with Crippen LogP contribution >= 0.6 is 23.5 Å². The molecule has 2 heterocycles. The van der Waals surface area contributed by atoms with Gasteiger partial charge in [0.2, 0.25) is 5.91 Å². The van der Waals surface area contributed by atoms with Crippen LogP contribution in [0.4, 0.5) is 17.1 Å². The second-order valence-electron chi connectivity index (χ2n) is 17.2. The smallest absolute Gasteiger partial charge is 0.273 e. The molecule has 1 amide bonds. The number of hydrogen-bond acceptors (Lipinski definition) is 9. The predicted molar refractivity (Wildman–Crippen MR) is 235 cm³/mol. The Hall–Kier alpha value is -4.49. The summed E-state index contributed by atoms with van der Waals surface area (Å²) < 4.78 is 7.76. The summed E-state index contributed by atoms with van der Waals surface area (Å²) in [6, 6.07) is 20.5. The molecule has 5 rings (SSSR count). The number of ether oxygens (including phenoxy) is 1. The molecular formula is C44H59N7O4S2. The number of anilines is 2. The van der Waals surface area contributed by atoms with Gasteiger partial charge in [-0.25, -0.2) is 0 Å². The Labute approximate surface area is 346 Å². The summed E-state index contributed by atoms with van der Waals surface area (Å²) in [5, 5.41) is 27.8. The van der Waals surface area contributed by atoms with Gasteiger partial charge in [-0.1, -0.05) is 131 Å². The van der Waals surface area contributed by atoms with Gasteiger partial charge in [0.15, 0.2) is 18.2 Å². The Morgan fingerprint density at radius 1 is 0.877 bits per heavy atom. The van der Waals surface area contributed by atoms with Crippen LogP contribution in [-0.4, -0.2) is 42.1 Å². The van der Waals surface area contributed by atoms with E-state index in [1.807, 2.05) is 69.3 Å². The van der Waals surface area contributed by atoms with Gasteiger partial charge in [0, 0.05) is 37.8 Å². The van der Waals surface area contributed by atoms with Crippen molar-refractivity contribution in [2.45, 2.75) is 139 Å². The highest BCUT2D eigenvalue weighted by Gasteiger charge is 2.29. The SMILES string of the molecule is CCCCCCCCCC(C)(C)Sc1ccc([N+](=O)[O-])cc1OCNc1ccc(-c2nn3nc(C(C)(C)C)c(Sc4ccccc4NC(=O)C(C)(C)C)c3[nH]2)cc1. The Morgan fingerprint density at radius 2 is 1.56 bits per heavy atom. The first kappa shape index (κ1) is 43.6. The fourth-order valence-electron chi connectivity index (χ4n) is 6.21. The van der Waals surface area contributed by atoms with Crippen molar-refractivity contribution >= 4 is 52.1 Å². The van der Waals surface area contributed by atoms with Gasteiger partial charge in [0.05, 0.1) is 32.2 Å². The number of carbonyl (C=O) groups is 1. The number of nitro groups is 1. The fourth-order valence-corrected chi connectivity index (χ4v) is 8.67. The first-order chi connectivity index (χ1) is 26.9. The number of para-hydroxylation sites is 1. The van der Waals surface area contributed by atoms with Crippen LogP contribution in [0.2, 0.25) is 0 Å². The quantitative estimate of drug-likeness (QED) is 0.0244. The minimum absolute atomic E-state index is 0.000994. The number of fused-ring (bicyclic) bond motifs is 1. The van der Waals surface area contributed by atoms with Gasteiger partial charge in [-0.15, -0.1) is 21.5 Å². The molecule has 2 aromatic heterocycles. The molecule has 0 saturated carbocycles. The van der Waals surface area contributed by atoms with Gasteiger partial charge in [0.25, 0.3) is 5.69 Å². The Kier molecular flexibility index (Phi) is 14.4. The summed E-state index contributed by atoms with van der Waals surface area (Å²) in [7, 11) is 0. The third kappa shape index (κ3) is 12.0. The molecular weight excluding hydrogens is 755 g/mol. The minimum atomic E-state index is -0.535. The maximum absolute atomic E-state index is 12.9. The molecule has 0 fully saturated rings. The van der Waals surface area contributed by atoms with Crippen LogP contribution in [0.5, 0.6) is 5.75 Å². The lowest BCUT2D eigenvalue weighted by Crippen LogP contribution is -2.27. The molecule has 0 atom stereocenters. The number of non-ortho nitro benzene ring substituents is 1. The van der Waals surface area contributed by atoms with Crippen LogP contribution in [0.3, 0.4) is 0 Å². The molecule has 11 nitrogen and oxygen atoms in total. The van der Waals surface area contributed by atoms with Crippen LogP contribution in [0.15, 0.2) is 81.4 Å². The maximum Gasteiger partial charge on any atom is 0.273 e. The summed E-state index contributed by atoms with van der Waals surface area (Å²) in [5.41, 5.74) is 3.32. The standard InChI is InChI=1S/C44H59N7O4S2/c1-10-11-12-13-14-15-18-27-44(8,9)57-36-26-25-32(51(53)54)28-34(36)55-29-45-31-23-21-30(22-24-31)39-47-40-37(38(42(2,3)4)48-50(40)49-39)56-35-20-17-16-19-33(35)46-41(52)43(5,6)7/h16-17,19-26,28,45H,10-15,18,27,29H2,1-9H3,(H,46,52)(H,47,49). The van der Waals surface area contributed by atoms with Crippen molar-refractivity contribution in [1.29, 1.82) is 0 Å². The van der Waals surface area contributed by atoms with Crippen LogP contribution in [0, 0.1) is 15.5 Å². The Morgan fingerprint density at radius 3 is 2.23 bits per heavy atom. The average Bonchev–Trinajstić information content (AvgIpc) is 3.72. The van der Waals surface area contributed by atoms with Crippen molar-refractivity contribution in [3.05, 3.63) is 82.5 Å². The average molecular weight is 814 g/mol. The van der Waals surface area contributed by atoms with E-state index in [-0.39, 0.29) is 33.4 Å². The highest BCUT2D eigenvalue weighted by Crippen LogP contribution is 2.43. The Balaban J connectivity index is 1.27. The number of benzene rings is 3. The molecule has 5 aromatic rings. The van der Waals surface area contributed by atoms with E-state index in [9.17, 15) is 14.9 Å². The normalized spacial score (nSPS) is 12.2. The van der Waals surface area contributed by atoms with E-state index in [1.165, 1.54) is 44.6 Å². The highest BCUT2D eigenvalue weighted by atomic mass is 32.2.